The van der Waals surface area contributed by atoms with Crippen molar-refractivity contribution in [3.63, 3.8) is 0 Å². The van der Waals surface area contributed by atoms with Crippen LogP contribution in [0.5, 0.6) is 11.5 Å². The van der Waals surface area contributed by atoms with Crippen LogP contribution >= 0.6 is 0 Å². The Balaban J connectivity index is 2.14. The molecule has 118 valence electrons. The van der Waals surface area contributed by atoms with Gasteiger partial charge in [0, 0.05) is 6.42 Å². The van der Waals surface area contributed by atoms with E-state index in [4.69, 9.17) is 15.2 Å². The van der Waals surface area contributed by atoms with Crippen LogP contribution in [0.4, 0.5) is 0 Å². The van der Waals surface area contributed by atoms with Crippen molar-refractivity contribution in [2.75, 3.05) is 13.7 Å². The van der Waals surface area contributed by atoms with Crippen LogP contribution in [0.2, 0.25) is 0 Å². The number of aliphatic hydroxyl groups is 1. The summed E-state index contributed by atoms with van der Waals surface area (Å²) in [6.45, 7) is 2.46. The lowest BCUT2D eigenvalue weighted by Crippen LogP contribution is -2.28. The van der Waals surface area contributed by atoms with E-state index in [1.54, 1.807) is 7.11 Å². The SMILES string of the molecule is CCOc1cc([C@H](N)[C@H](O)Cc2ccccc2)ccc1OC. The van der Waals surface area contributed by atoms with Crippen molar-refractivity contribution in [3.05, 3.63) is 59.7 Å². The topological polar surface area (TPSA) is 64.7 Å². The highest BCUT2D eigenvalue weighted by atomic mass is 16.5. The smallest absolute Gasteiger partial charge is 0.161 e. The summed E-state index contributed by atoms with van der Waals surface area (Å²) in [4.78, 5) is 0. The number of benzene rings is 2. The highest BCUT2D eigenvalue weighted by Crippen LogP contribution is 2.31. The van der Waals surface area contributed by atoms with Crippen molar-refractivity contribution in [2.45, 2.75) is 25.5 Å². The van der Waals surface area contributed by atoms with Crippen LogP contribution in [0.1, 0.15) is 24.1 Å². The molecule has 2 atom stereocenters. The Labute approximate surface area is 131 Å². The monoisotopic (exact) mass is 301 g/mol. The van der Waals surface area contributed by atoms with Crippen LogP contribution in [0, 0.1) is 0 Å². The number of nitrogens with two attached hydrogens (primary N) is 1. The van der Waals surface area contributed by atoms with Crippen molar-refractivity contribution >= 4 is 0 Å². The molecule has 2 aromatic carbocycles. The fourth-order valence-corrected chi connectivity index (χ4v) is 2.37. The first-order valence-corrected chi connectivity index (χ1v) is 7.44. The summed E-state index contributed by atoms with van der Waals surface area (Å²) in [5, 5.41) is 10.4. The molecule has 0 amide bonds. The van der Waals surface area contributed by atoms with Gasteiger partial charge in [-0.3, -0.25) is 0 Å². The van der Waals surface area contributed by atoms with Gasteiger partial charge in [-0.1, -0.05) is 36.4 Å². The molecule has 0 unspecified atom stereocenters. The zero-order valence-electron chi connectivity index (χ0n) is 13.0. The molecule has 4 heteroatoms. The highest BCUT2D eigenvalue weighted by molar-refractivity contribution is 5.44. The van der Waals surface area contributed by atoms with E-state index in [-0.39, 0.29) is 0 Å². The van der Waals surface area contributed by atoms with E-state index in [0.29, 0.717) is 24.5 Å². The van der Waals surface area contributed by atoms with E-state index in [0.717, 1.165) is 11.1 Å². The maximum Gasteiger partial charge on any atom is 0.161 e. The second-order valence-electron chi connectivity index (χ2n) is 5.13. The Morgan fingerprint density at radius 3 is 2.45 bits per heavy atom. The van der Waals surface area contributed by atoms with E-state index < -0.39 is 12.1 Å². The average Bonchev–Trinajstić information content (AvgIpc) is 2.55. The zero-order valence-corrected chi connectivity index (χ0v) is 13.0. The molecule has 3 N–H and O–H groups in total. The van der Waals surface area contributed by atoms with Crippen LogP contribution in [-0.4, -0.2) is 24.9 Å². The number of aliphatic hydroxyl groups excluding tert-OH is 1. The minimum absolute atomic E-state index is 0.481. The van der Waals surface area contributed by atoms with E-state index in [1.807, 2.05) is 55.5 Å². The lowest BCUT2D eigenvalue weighted by Gasteiger charge is -2.20. The second kappa shape index (κ2) is 7.82. The Bertz CT molecular complexity index is 586. The first kappa shape index (κ1) is 16.3. The quantitative estimate of drug-likeness (QED) is 0.825. The molecule has 0 spiro atoms. The third-order valence-corrected chi connectivity index (χ3v) is 3.57. The molecule has 0 saturated heterocycles. The van der Waals surface area contributed by atoms with Crippen LogP contribution in [0.3, 0.4) is 0 Å². The van der Waals surface area contributed by atoms with Gasteiger partial charge in [-0.05, 0) is 30.2 Å². The number of hydrogen-bond acceptors (Lipinski definition) is 4. The van der Waals surface area contributed by atoms with Crippen molar-refractivity contribution in [1.82, 2.24) is 0 Å². The van der Waals surface area contributed by atoms with E-state index in [1.165, 1.54) is 0 Å². The summed E-state index contributed by atoms with van der Waals surface area (Å²) in [5.74, 6) is 1.31. The van der Waals surface area contributed by atoms with Gasteiger partial charge in [0.25, 0.3) is 0 Å². The number of rotatable bonds is 7. The first-order chi connectivity index (χ1) is 10.7. The average molecular weight is 301 g/mol. The highest BCUT2D eigenvalue weighted by Gasteiger charge is 2.19. The third kappa shape index (κ3) is 4.00. The van der Waals surface area contributed by atoms with Crippen LogP contribution in [0.25, 0.3) is 0 Å². The van der Waals surface area contributed by atoms with Gasteiger partial charge < -0.3 is 20.3 Å². The maximum absolute atomic E-state index is 10.4. The van der Waals surface area contributed by atoms with Gasteiger partial charge in [0.15, 0.2) is 11.5 Å². The second-order valence-corrected chi connectivity index (χ2v) is 5.13. The standard InChI is InChI=1S/C18H23NO3/c1-3-22-17-12-14(9-10-16(17)21-2)18(19)15(20)11-13-7-5-4-6-8-13/h4-10,12,15,18,20H,3,11,19H2,1-2H3/t15-,18+/m1/s1. The predicted octanol–water partition coefficient (Wildman–Crippen LogP) is 2.70. The number of hydrogen-bond donors (Lipinski definition) is 2. The Kier molecular flexibility index (Phi) is 5.81. The minimum atomic E-state index is -0.662. The summed E-state index contributed by atoms with van der Waals surface area (Å²) >= 11 is 0. The van der Waals surface area contributed by atoms with E-state index in [2.05, 4.69) is 0 Å². The maximum atomic E-state index is 10.4. The molecule has 4 nitrogen and oxygen atoms in total. The molecule has 0 fully saturated rings. The molecule has 22 heavy (non-hydrogen) atoms. The molecule has 0 bridgehead atoms. The van der Waals surface area contributed by atoms with Crippen LogP contribution in [-0.2, 0) is 6.42 Å². The molecule has 0 aromatic heterocycles. The molecule has 0 aliphatic heterocycles. The third-order valence-electron chi connectivity index (χ3n) is 3.57. The van der Waals surface area contributed by atoms with Gasteiger partial charge in [0.05, 0.1) is 25.9 Å². The van der Waals surface area contributed by atoms with Crippen molar-refractivity contribution in [3.8, 4) is 11.5 Å². The summed E-state index contributed by atoms with van der Waals surface area (Å²) in [6.07, 6.45) is -0.150. The summed E-state index contributed by atoms with van der Waals surface area (Å²) < 4.78 is 10.8. The van der Waals surface area contributed by atoms with E-state index in [9.17, 15) is 5.11 Å². The van der Waals surface area contributed by atoms with Crippen molar-refractivity contribution < 1.29 is 14.6 Å². The van der Waals surface area contributed by atoms with E-state index >= 15 is 0 Å². The fourth-order valence-electron chi connectivity index (χ4n) is 2.37. The molecule has 0 aliphatic rings. The molecule has 0 heterocycles. The van der Waals surface area contributed by atoms with Crippen molar-refractivity contribution in [1.29, 1.82) is 0 Å². The molecular weight excluding hydrogens is 278 g/mol. The number of methoxy groups -OCH3 is 1. The fraction of sp³-hybridized carbons (Fsp3) is 0.333. The van der Waals surface area contributed by atoms with Gasteiger partial charge >= 0.3 is 0 Å². The summed E-state index contributed by atoms with van der Waals surface area (Å²) in [6, 6.07) is 14.9. The Morgan fingerprint density at radius 2 is 1.82 bits per heavy atom. The first-order valence-electron chi connectivity index (χ1n) is 7.44. The van der Waals surface area contributed by atoms with Crippen LogP contribution < -0.4 is 15.2 Å². The normalized spacial score (nSPS) is 13.5. The minimum Gasteiger partial charge on any atom is -0.493 e. The lowest BCUT2D eigenvalue weighted by molar-refractivity contribution is 0.145. The van der Waals surface area contributed by atoms with Crippen LogP contribution in [0.15, 0.2) is 48.5 Å². The van der Waals surface area contributed by atoms with Gasteiger partial charge in [-0.2, -0.15) is 0 Å². The number of ether oxygens (including phenoxy) is 2. The molecule has 2 rings (SSSR count). The van der Waals surface area contributed by atoms with Gasteiger partial charge in [0.2, 0.25) is 0 Å². The van der Waals surface area contributed by atoms with Gasteiger partial charge in [-0.25, -0.2) is 0 Å². The molecular formula is C18H23NO3. The largest absolute Gasteiger partial charge is 0.493 e. The Hall–Kier alpha value is -2.04. The zero-order chi connectivity index (χ0) is 15.9. The predicted molar refractivity (Wildman–Crippen MR) is 87.2 cm³/mol. The molecule has 0 aliphatic carbocycles. The Morgan fingerprint density at radius 1 is 1.09 bits per heavy atom. The summed E-state index contributed by atoms with van der Waals surface area (Å²) in [7, 11) is 1.60. The van der Waals surface area contributed by atoms with Crippen molar-refractivity contribution in [2.24, 2.45) is 5.73 Å². The molecule has 2 aromatic rings. The summed E-state index contributed by atoms with van der Waals surface area (Å²) in [5.41, 5.74) is 8.08. The molecule has 0 radical (unpaired) electrons. The van der Waals surface area contributed by atoms with Gasteiger partial charge in [-0.15, -0.1) is 0 Å². The lowest BCUT2D eigenvalue weighted by atomic mass is 9.96. The molecule has 0 saturated carbocycles. The van der Waals surface area contributed by atoms with Gasteiger partial charge in [0.1, 0.15) is 0 Å².